The zero-order valence-electron chi connectivity index (χ0n) is 16.1. The second-order valence-electron chi connectivity index (χ2n) is 7.45. The van der Waals surface area contributed by atoms with Crippen LogP contribution in [0.15, 0.2) is 4.99 Å². The number of guanidine groups is 1. The third-order valence-electron chi connectivity index (χ3n) is 6.06. The van der Waals surface area contributed by atoms with Gasteiger partial charge in [-0.2, -0.15) is 0 Å². The molecular formula is C19H36N4O. The first kappa shape index (κ1) is 19.1. The van der Waals surface area contributed by atoms with E-state index in [1.165, 1.54) is 19.3 Å². The van der Waals surface area contributed by atoms with E-state index in [2.05, 4.69) is 29.1 Å². The van der Waals surface area contributed by atoms with E-state index in [0.717, 1.165) is 63.4 Å². The van der Waals surface area contributed by atoms with Gasteiger partial charge in [0.15, 0.2) is 5.96 Å². The van der Waals surface area contributed by atoms with Crippen LogP contribution in [0, 0.1) is 17.8 Å². The third kappa shape index (κ3) is 4.87. The van der Waals surface area contributed by atoms with Crippen LogP contribution in [0.5, 0.6) is 0 Å². The van der Waals surface area contributed by atoms with Gasteiger partial charge in [-0.25, -0.2) is 0 Å². The third-order valence-corrected chi connectivity index (χ3v) is 6.06. The van der Waals surface area contributed by atoms with Crippen molar-refractivity contribution < 1.29 is 4.79 Å². The maximum Gasteiger partial charge on any atom is 0.219 e. The second-order valence-corrected chi connectivity index (χ2v) is 7.45. The van der Waals surface area contributed by atoms with Crippen LogP contribution in [0.2, 0.25) is 0 Å². The molecule has 0 aliphatic carbocycles. The summed E-state index contributed by atoms with van der Waals surface area (Å²) in [5, 5.41) is 3.59. The summed E-state index contributed by atoms with van der Waals surface area (Å²) in [7, 11) is 1.89. The van der Waals surface area contributed by atoms with E-state index in [4.69, 9.17) is 0 Å². The number of piperidine rings is 1. The standard InChI is InChI=1S/C19H36N4O/c1-5-17(6-2)18-9-12-23(14-18)19(20-4)21-13-16-7-10-22(11-8-16)15(3)24/h16-18H,5-14H2,1-4H3,(H,20,21). The summed E-state index contributed by atoms with van der Waals surface area (Å²) < 4.78 is 0. The van der Waals surface area contributed by atoms with Gasteiger partial charge in [0, 0.05) is 46.7 Å². The Kier molecular flexibility index (Phi) is 7.38. The Hall–Kier alpha value is -1.26. The van der Waals surface area contributed by atoms with Gasteiger partial charge in [-0.1, -0.05) is 26.7 Å². The van der Waals surface area contributed by atoms with Crippen molar-refractivity contribution in [1.29, 1.82) is 0 Å². The number of carbonyl (C=O) groups is 1. The Morgan fingerprint density at radius 2 is 1.75 bits per heavy atom. The van der Waals surface area contributed by atoms with Crippen molar-refractivity contribution in [3.05, 3.63) is 0 Å². The van der Waals surface area contributed by atoms with Crippen LogP contribution >= 0.6 is 0 Å². The minimum Gasteiger partial charge on any atom is -0.356 e. The van der Waals surface area contributed by atoms with Gasteiger partial charge < -0.3 is 15.1 Å². The van der Waals surface area contributed by atoms with Gasteiger partial charge in [0.25, 0.3) is 0 Å². The van der Waals surface area contributed by atoms with Crippen LogP contribution in [0.25, 0.3) is 0 Å². The highest BCUT2D eigenvalue weighted by Gasteiger charge is 2.29. The van der Waals surface area contributed by atoms with Crippen molar-refractivity contribution in [1.82, 2.24) is 15.1 Å². The van der Waals surface area contributed by atoms with E-state index in [1.807, 2.05) is 11.9 Å². The Labute approximate surface area is 147 Å². The first-order chi connectivity index (χ1) is 11.6. The average molecular weight is 337 g/mol. The van der Waals surface area contributed by atoms with Gasteiger partial charge >= 0.3 is 0 Å². The number of amides is 1. The summed E-state index contributed by atoms with van der Waals surface area (Å²) in [5.74, 6) is 3.59. The van der Waals surface area contributed by atoms with Crippen LogP contribution in [0.1, 0.15) is 52.9 Å². The first-order valence-corrected chi connectivity index (χ1v) is 9.80. The molecule has 1 atom stereocenters. The van der Waals surface area contributed by atoms with Crippen LogP contribution in [0.4, 0.5) is 0 Å². The van der Waals surface area contributed by atoms with Gasteiger partial charge in [0.1, 0.15) is 0 Å². The van der Waals surface area contributed by atoms with Crippen molar-refractivity contribution in [2.75, 3.05) is 39.8 Å². The quantitative estimate of drug-likeness (QED) is 0.620. The minimum atomic E-state index is 0.210. The molecule has 0 aromatic carbocycles. The molecule has 5 heteroatoms. The lowest BCUT2D eigenvalue weighted by Gasteiger charge is -2.32. The van der Waals surface area contributed by atoms with Crippen molar-refractivity contribution in [3.63, 3.8) is 0 Å². The molecule has 138 valence electrons. The maximum atomic E-state index is 11.4. The molecule has 24 heavy (non-hydrogen) atoms. The lowest BCUT2D eigenvalue weighted by Crippen LogP contribution is -2.45. The highest BCUT2D eigenvalue weighted by Crippen LogP contribution is 2.28. The van der Waals surface area contributed by atoms with E-state index in [-0.39, 0.29) is 5.91 Å². The topological polar surface area (TPSA) is 47.9 Å². The fourth-order valence-corrected chi connectivity index (χ4v) is 4.34. The highest BCUT2D eigenvalue weighted by molar-refractivity contribution is 5.80. The molecule has 0 saturated carbocycles. The van der Waals surface area contributed by atoms with Gasteiger partial charge in [-0.05, 0) is 37.0 Å². The molecule has 1 N–H and O–H groups in total. The Balaban J connectivity index is 1.76. The predicted octanol–water partition coefficient (Wildman–Crippen LogP) is 2.58. The van der Waals surface area contributed by atoms with E-state index >= 15 is 0 Å². The maximum absolute atomic E-state index is 11.4. The fourth-order valence-electron chi connectivity index (χ4n) is 4.34. The Bertz CT molecular complexity index is 425. The smallest absolute Gasteiger partial charge is 0.219 e. The number of nitrogens with one attached hydrogen (secondary N) is 1. The number of nitrogens with zero attached hydrogens (tertiary/aromatic N) is 3. The molecule has 2 heterocycles. The molecule has 0 radical (unpaired) electrons. The normalized spacial score (nSPS) is 23.2. The molecule has 0 bridgehead atoms. The number of aliphatic imine (C=N–C) groups is 1. The summed E-state index contributed by atoms with van der Waals surface area (Å²) in [6.07, 6.45) is 6.06. The van der Waals surface area contributed by atoms with Crippen LogP contribution < -0.4 is 5.32 Å². The number of likely N-dealkylation sites (tertiary alicyclic amines) is 2. The summed E-state index contributed by atoms with van der Waals surface area (Å²) in [6.45, 7) is 11.4. The molecule has 0 aromatic rings. The van der Waals surface area contributed by atoms with Crippen LogP contribution in [-0.2, 0) is 4.79 Å². The molecular weight excluding hydrogens is 300 g/mol. The van der Waals surface area contributed by atoms with Crippen molar-refractivity contribution in [2.24, 2.45) is 22.7 Å². The zero-order valence-corrected chi connectivity index (χ0v) is 16.1. The lowest BCUT2D eigenvalue weighted by molar-refractivity contribution is -0.130. The zero-order chi connectivity index (χ0) is 17.5. The molecule has 0 aromatic heterocycles. The van der Waals surface area contributed by atoms with Crippen molar-refractivity contribution >= 4 is 11.9 Å². The first-order valence-electron chi connectivity index (χ1n) is 9.80. The Morgan fingerprint density at radius 1 is 1.12 bits per heavy atom. The minimum absolute atomic E-state index is 0.210. The second kappa shape index (κ2) is 9.28. The highest BCUT2D eigenvalue weighted by atomic mass is 16.2. The summed E-state index contributed by atoms with van der Waals surface area (Å²) >= 11 is 0. The molecule has 2 fully saturated rings. The summed E-state index contributed by atoms with van der Waals surface area (Å²) in [6, 6.07) is 0. The summed E-state index contributed by atoms with van der Waals surface area (Å²) in [5.41, 5.74) is 0. The van der Waals surface area contributed by atoms with E-state index in [1.54, 1.807) is 6.92 Å². The van der Waals surface area contributed by atoms with Gasteiger partial charge in [0.2, 0.25) is 5.91 Å². The molecule has 5 nitrogen and oxygen atoms in total. The van der Waals surface area contributed by atoms with Gasteiger partial charge in [0.05, 0.1) is 0 Å². The SMILES string of the molecule is CCC(CC)C1CCN(C(=NC)NCC2CCN(C(C)=O)CC2)C1. The average Bonchev–Trinajstić information content (AvgIpc) is 3.07. The largest absolute Gasteiger partial charge is 0.356 e. The van der Waals surface area contributed by atoms with Gasteiger partial charge in [-0.15, -0.1) is 0 Å². The number of rotatable bonds is 5. The number of hydrogen-bond acceptors (Lipinski definition) is 2. The fraction of sp³-hybridized carbons (Fsp3) is 0.895. The lowest BCUT2D eigenvalue weighted by atomic mass is 9.87. The van der Waals surface area contributed by atoms with E-state index in [0.29, 0.717) is 5.92 Å². The Morgan fingerprint density at radius 3 is 2.29 bits per heavy atom. The van der Waals surface area contributed by atoms with Crippen LogP contribution in [0.3, 0.4) is 0 Å². The number of carbonyl (C=O) groups excluding carboxylic acids is 1. The van der Waals surface area contributed by atoms with E-state index in [9.17, 15) is 4.79 Å². The molecule has 1 amide bonds. The van der Waals surface area contributed by atoms with Crippen LogP contribution in [-0.4, -0.2) is 61.4 Å². The van der Waals surface area contributed by atoms with Gasteiger partial charge in [-0.3, -0.25) is 9.79 Å². The molecule has 2 aliphatic heterocycles. The molecule has 0 spiro atoms. The molecule has 1 unspecified atom stereocenters. The van der Waals surface area contributed by atoms with Crippen molar-refractivity contribution in [2.45, 2.75) is 52.9 Å². The molecule has 2 rings (SSSR count). The van der Waals surface area contributed by atoms with E-state index < -0.39 is 0 Å². The predicted molar refractivity (Wildman–Crippen MR) is 100 cm³/mol. The molecule has 2 aliphatic rings. The monoisotopic (exact) mass is 336 g/mol. The number of hydrogen-bond donors (Lipinski definition) is 1. The van der Waals surface area contributed by atoms with Crippen molar-refractivity contribution in [3.8, 4) is 0 Å². The summed E-state index contributed by atoms with van der Waals surface area (Å²) in [4.78, 5) is 20.3. The molecule has 2 saturated heterocycles.